The molecule has 0 aromatic rings. The molecule has 5 heteroatoms. The van der Waals surface area contributed by atoms with Gasteiger partial charge in [-0.2, -0.15) is 0 Å². The summed E-state index contributed by atoms with van der Waals surface area (Å²) in [5, 5.41) is 3.04. The minimum absolute atomic E-state index is 0.00449. The number of sulfone groups is 1. The van der Waals surface area contributed by atoms with Crippen LogP contribution in [0.1, 0.15) is 6.92 Å². The lowest BCUT2D eigenvalue weighted by atomic mass is 10.4. The zero-order valence-corrected chi connectivity index (χ0v) is 8.65. The number of nitrogens with one attached hydrogen (secondary N) is 1. The van der Waals surface area contributed by atoms with Crippen LogP contribution in [0.4, 0.5) is 0 Å². The van der Waals surface area contributed by atoms with Crippen LogP contribution in [-0.4, -0.2) is 46.7 Å². The van der Waals surface area contributed by atoms with Crippen LogP contribution in [-0.2, 0) is 14.6 Å². The summed E-state index contributed by atoms with van der Waals surface area (Å²) in [7, 11) is -1.25. The van der Waals surface area contributed by atoms with Gasteiger partial charge in [-0.05, 0) is 6.92 Å². The number of ether oxygens (including phenoxy) is 1. The summed E-state index contributed by atoms with van der Waals surface area (Å²) in [5.41, 5.74) is 0. The summed E-state index contributed by atoms with van der Waals surface area (Å²) in [6.07, 6.45) is 1.24. The van der Waals surface area contributed by atoms with Gasteiger partial charge < -0.3 is 10.1 Å². The fraction of sp³-hybridized carbons (Fsp3) is 1.00. The highest BCUT2D eigenvalue weighted by molar-refractivity contribution is 7.90. The van der Waals surface area contributed by atoms with Crippen molar-refractivity contribution in [1.82, 2.24) is 5.32 Å². The molecule has 0 saturated heterocycles. The summed E-state index contributed by atoms with van der Waals surface area (Å²) in [6, 6.07) is -0.00449. The maximum Gasteiger partial charge on any atom is 0.148 e. The monoisotopic (exact) mass is 195 g/mol. The summed E-state index contributed by atoms with van der Waals surface area (Å²) in [6.45, 7) is 3.14. The molecule has 0 aliphatic heterocycles. The average molecular weight is 195 g/mol. The molecule has 0 bridgehead atoms. The van der Waals surface area contributed by atoms with Gasteiger partial charge in [0.05, 0.1) is 12.4 Å². The van der Waals surface area contributed by atoms with Crippen LogP contribution >= 0.6 is 0 Å². The summed E-state index contributed by atoms with van der Waals surface area (Å²) in [5.74, 6) is 0.177. The smallest absolute Gasteiger partial charge is 0.148 e. The van der Waals surface area contributed by atoms with E-state index < -0.39 is 9.84 Å². The van der Waals surface area contributed by atoms with Gasteiger partial charge in [0.25, 0.3) is 0 Å². The minimum Gasteiger partial charge on any atom is -0.383 e. The zero-order chi connectivity index (χ0) is 9.61. The molecule has 0 aliphatic carbocycles. The van der Waals surface area contributed by atoms with Crippen molar-refractivity contribution in [2.75, 3.05) is 32.3 Å². The first-order valence-corrected chi connectivity index (χ1v) is 5.92. The molecule has 4 nitrogen and oxygen atoms in total. The molecule has 0 heterocycles. The second-order valence-corrected chi connectivity index (χ2v) is 5.13. The number of hydrogen-bond acceptors (Lipinski definition) is 4. The topological polar surface area (TPSA) is 55.4 Å². The largest absolute Gasteiger partial charge is 0.383 e. The van der Waals surface area contributed by atoms with Crippen LogP contribution in [0.2, 0.25) is 0 Å². The fourth-order valence-corrected chi connectivity index (χ4v) is 1.95. The van der Waals surface area contributed by atoms with Crippen LogP contribution in [0.25, 0.3) is 0 Å². The lowest BCUT2D eigenvalue weighted by molar-refractivity contribution is 0.197. The lowest BCUT2D eigenvalue weighted by Gasteiger charge is -2.11. The van der Waals surface area contributed by atoms with Gasteiger partial charge >= 0.3 is 0 Å². The van der Waals surface area contributed by atoms with Crippen LogP contribution in [0.5, 0.6) is 0 Å². The standard InChI is InChI=1S/C7H17NO3S/c1-7(6-12(3,9)10)8-4-5-11-2/h7-8H,4-6H2,1-3H3. The highest BCUT2D eigenvalue weighted by Gasteiger charge is 2.08. The molecule has 0 fully saturated rings. The highest BCUT2D eigenvalue weighted by Crippen LogP contribution is 1.89. The Labute approximate surface area is 74.2 Å². The molecule has 0 aromatic carbocycles. The maximum absolute atomic E-state index is 10.8. The Hall–Kier alpha value is -0.130. The molecular weight excluding hydrogens is 178 g/mol. The van der Waals surface area contributed by atoms with Crippen molar-refractivity contribution in [2.24, 2.45) is 0 Å². The van der Waals surface area contributed by atoms with Gasteiger partial charge in [0.2, 0.25) is 0 Å². The Morgan fingerprint density at radius 2 is 2.08 bits per heavy atom. The first kappa shape index (κ1) is 11.9. The van der Waals surface area contributed by atoms with Crippen LogP contribution < -0.4 is 5.32 Å². The first-order chi connectivity index (χ1) is 5.45. The van der Waals surface area contributed by atoms with Crippen LogP contribution in [0.15, 0.2) is 0 Å². The summed E-state index contributed by atoms with van der Waals surface area (Å²) >= 11 is 0. The van der Waals surface area contributed by atoms with E-state index in [1.807, 2.05) is 6.92 Å². The second kappa shape index (κ2) is 5.50. The third-order valence-corrected chi connectivity index (χ3v) is 2.46. The van der Waals surface area contributed by atoms with Gasteiger partial charge in [-0.1, -0.05) is 0 Å². The minimum atomic E-state index is -2.86. The van der Waals surface area contributed by atoms with E-state index in [-0.39, 0.29) is 11.8 Å². The van der Waals surface area contributed by atoms with Crippen molar-refractivity contribution in [1.29, 1.82) is 0 Å². The molecule has 12 heavy (non-hydrogen) atoms. The lowest BCUT2D eigenvalue weighted by Crippen LogP contribution is -2.34. The molecule has 0 saturated carbocycles. The first-order valence-electron chi connectivity index (χ1n) is 3.86. The van der Waals surface area contributed by atoms with E-state index in [0.717, 1.165) is 0 Å². The van der Waals surface area contributed by atoms with Crippen molar-refractivity contribution in [3.8, 4) is 0 Å². The van der Waals surface area contributed by atoms with Gasteiger partial charge in [-0.3, -0.25) is 0 Å². The molecule has 0 amide bonds. The Kier molecular flexibility index (Phi) is 5.44. The molecule has 1 atom stereocenters. The van der Waals surface area contributed by atoms with Crippen molar-refractivity contribution >= 4 is 9.84 Å². The van der Waals surface area contributed by atoms with E-state index in [1.54, 1.807) is 7.11 Å². The normalized spacial score (nSPS) is 14.6. The van der Waals surface area contributed by atoms with Gasteiger partial charge in [0.15, 0.2) is 0 Å². The molecule has 1 unspecified atom stereocenters. The van der Waals surface area contributed by atoms with Crippen molar-refractivity contribution in [3.05, 3.63) is 0 Å². The van der Waals surface area contributed by atoms with Crippen molar-refractivity contribution in [3.63, 3.8) is 0 Å². The average Bonchev–Trinajstić information content (AvgIpc) is 1.84. The quantitative estimate of drug-likeness (QED) is 0.589. The predicted molar refractivity (Wildman–Crippen MR) is 49.1 cm³/mol. The third-order valence-electron chi connectivity index (χ3n) is 1.35. The predicted octanol–water partition coefficient (Wildman–Crippen LogP) is -0.344. The summed E-state index contributed by atoms with van der Waals surface area (Å²) < 4.78 is 26.4. The van der Waals surface area contributed by atoms with E-state index in [1.165, 1.54) is 6.26 Å². The fourth-order valence-electron chi connectivity index (χ4n) is 0.920. The number of rotatable bonds is 6. The van der Waals surface area contributed by atoms with Crippen LogP contribution in [0, 0.1) is 0 Å². The number of methoxy groups -OCH3 is 1. The Balaban J connectivity index is 3.53. The van der Waals surface area contributed by atoms with E-state index >= 15 is 0 Å². The van der Waals surface area contributed by atoms with Gasteiger partial charge in [0.1, 0.15) is 9.84 Å². The van der Waals surface area contributed by atoms with Crippen LogP contribution in [0.3, 0.4) is 0 Å². The van der Waals surface area contributed by atoms with E-state index in [2.05, 4.69) is 5.32 Å². The SMILES string of the molecule is COCCNC(C)CS(C)(=O)=O. The highest BCUT2D eigenvalue weighted by atomic mass is 32.2. The molecule has 0 spiro atoms. The van der Waals surface area contributed by atoms with Crippen molar-refractivity contribution in [2.45, 2.75) is 13.0 Å². The van der Waals surface area contributed by atoms with E-state index in [0.29, 0.717) is 13.2 Å². The van der Waals surface area contributed by atoms with Gasteiger partial charge in [-0.15, -0.1) is 0 Å². The molecule has 0 radical (unpaired) electrons. The molecule has 74 valence electrons. The Morgan fingerprint density at radius 3 is 2.50 bits per heavy atom. The third kappa shape index (κ3) is 7.97. The molecule has 1 N–H and O–H groups in total. The molecule has 0 aromatic heterocycles. The second-order valence-electron chi connectivity index (χ2n) is 2.94. The Bertz CT molecular complexity index is 201. The zero-order valence-electron chi connectivity index (χ0n) is 7.83. The molecule has 0 aliphatic rings. The molecular formula is C7H17NO3S. The number of hydrogen-bond donors (Lipinski definition) is 1. The van der Waals surface area contributed by atoms with E-state index in [9.17, 15) is 8.42 Å². The van der Waals surface area contributed by atoms with E-state index in [4.69, 9.17) is 4.74 Å². The van der Waals surface area contributed by atoms with Gasteiger partial charge in [-0.25, -0.2) is 8.42 Å². The van der Waals surface area contributed by atoms with Crippen molar-refractivity contribution < 1.29 is 13.2 Å². The molecule has 0 rings (SSSR count). The maximum atomic E-state index is 10.8. The van der Waals surface area contributed by atoms with Gasteiger partial charge in [0, 0.05) is 26.0 Å². The summed E-state index contributed by atoms with van der Waals surface area (Å²) in [4.78, 5) is 0. The Morgan fingerprint density at radius 1 is 1.50 bits per heavy atom.